The van der Waals surface area contributed by atoms with E-state index in [-0.39, 0.29) is 12.4 Å². The molecular weight excluding hydrogens is 362 g/mol. The number of anilines is 2. The predicted molar refractivity (Wildman–Crippen MR) is 106 cm³/mol. The fourth-order valence-electron chi connectivity index (χ4n) is 2.88. The average Bonchev–Trinajstić information content (AvgIpc) is 3.18. The van der Waals surface area contributed by atoms with E-state index in [0.29, 0.717) is 28.2 Å². The molecule has 2 N–H and O–H groups in total. The Morgan fingerprint density at radius 2 is 1.89 bits per heavy atom. The standard InChI is InChI=1S/C20H21N3O3S/c1-11-5-7-15(8-6-11)22-20-23-16(10-27-20)9-26-19(25)18-12(2)17(14(4)24)13(3)21-18/h5-8,10,21H,9H2,1-4H3,(H,22,23). The number of nitrogens with zero attached hydrogens (tertiary/aromatic N) is 1. The quantitative estimate of drug-likeness (QED) is 0.476. The number of aromatic nitrogens is 2. The minimum atomic E-state index is -0.496. The Labute approximate surface area is 161 Å². The maximum atomic E-state index is 12.4. The van der Waals surface area contributed by atoms with Crippen LogP contribution in [-0.2, 0) is 11.3 Å². The molecule has 0 radical (unpaired) electrons. The van der Waals surface area contributed by atoms with Crippen LogP contribution < -0.4 is 5.32 Å². The van der Waals surface area contributed by atoms with Crippen LogP contribution in [0.2, 0.25) is 0 Å². The maximum Gasteiger partial charge on any atom is 0.355 e. The van der Waals surface area contributed by atoms with Crippen LogP contribution in [0.4, 0.5) is 10.8 Å². The molecule has 0 aliphatic heterocycles. The summed E-state index contributed by atoms with van der Waals surface area (Å²) in [5.74, 6) is -0.573. The normalized spacial score (nSPS) is 10.7. The summed E-state index contributed by atoms with van der Waals surface area (Å²) in [5, 5.41) is 5.80. The molecule has 0 spiro atoms. The molecule has 140 valence electrons. The first kappa shape index (κ1) is 18.8. The maximum absolute atomic E-state index is 12.4. The van der Waals surface area contributed by atoms with Crippen LogP contribution in [0.5, 0.6) is 0 Å². The summed E-state index contributed by atoms with van der Waals surface area (Å²) in [6.45, 7) is 7.09. The molecule has 6 nitrogen and oxygen atoms in total. The molecule has 3 rings (SSSR count). The summed E-state index contributed by atoms with van der Waals surface area (Å²) in [6, 6.07) is 8.02. The number of thiazole rings is 1. The van der Waals surface area contributed by atoms with Crippen LogP contribution in [0.3, 0.4) is 0 Å². The van der Waals surface area contributed by atoms with Gasteiger partial charge in [-0.25, -0.2) is 9.78 Å². The van der Waals surface area contributed by atoms with Gasteiger partial charge in [0.1, 0.15) is 12.3 Å². The Morgan fingerprint density at radius 1 is 1.19 bits per heavy atom. The van der Waals surface area contributed by atoms with Crippen molar-refractivity contribution in [2.75, 3.05) is 5.32 Å². The molecule has 1 aromatic carbocycles. The molecule has 0 fully saturated rings. The van der Waals surface area contributed by atoms with Gasteiger partial charge in [0, 0.05) is 22.3 Å². The number of hydrogen-bond acceptors (Lipinski definition) is 6. The van der Waals surface area contributed by atoms with Gasteiger partial charge in [0.2, 0.25) is 0 Å². The number of ether oxygens (including phenoxy) is 1. The number of H-pyrrole nitrogens is 1. The number of aromatic amines is 1. The van der Waals surface area contributed by atoms with Crippen LogP contribution in [0.25, 0.3) is 0 Å². The Hall–Kier alpha value is -2.93. The summed E-state index contributed by atoms with van der Waals surface area (Å²) in [4.78, 5) is 31.4. The minimum absolute atomic E-state index is 0.0673. The number of benzene rings is 1. The smallest absolute Gasteiger partial charge is 0.355 e. The number of ketones is 1. The second-order valence-corrected chi connectivity index (χ2v) is 7.25. The largest absolute Gasteiger partial charge is 0.454 e. The van der Waals surface area contributed by atoms with E-state index in [9.17, 15) is 9.59 Å². The van der Waals surface area contributed by atoms with Crippen LogP contribution in [-0.4, -0.2) is 21.7 Å². The van der Waals surface area contributed by atoms with Crippen molar-refractivity contribution in [3.63, 3.8) is 0 Å². The molecular formula is C20H21N3O3S. The summed E-state index contributed by atoms with van der Waals surface area (Å²) in [7, 11) is 0. The van der Waals surface area contributed by atoms with Gasteiger partial charge in [-0.05, 0) is 45.4 Å². The third-order valence-corrected chi connectivity index (χ3v) is 5.01. The monoisotopic (exact) mass is 383 g/mol. The molecule has 0 saturated heterocycles. The van der Waals surface area contributed by atoms with E-state index >= 15 is 0 Å². The zero-order valence-electron chi connectivity index (χ0n) is 15.7. The Bertz CT molecular complexity index is 987. The number of aryl methyl sites for hydroxylation is 2. The van der Waals surface area contributed by atoms with Crippen molar-refractivity contribution in [2.24, 2.45) is 0 Å². The highest BCUT2D eigenvalue weighted by Crippen LogP contribution is 2.23. The highest BCUT2D eigenvalue weighted by Gasteiger charge is 2.21. The Kier molecular flexibility index (Phi) is 5.41. The van der Waals surface area contributed by atoms with Crippen LogP contribution in [0.1, 0.15) is 50.3 Å². The lowest BCUT2D eigenvalue weighted by molar-refractivity contribution is 0.0461. The highest BCUT2D eigenvalue weighted by molar-refractivity contribution is 7.13. The third kappa shape index (κ3) is 4.25. The molecule has 27 heavy (non-hydrogen) atoms. The third-order valence-electron chi connectivity index (χ3n) is 4.20. The predicted octanol–water partition coefficient (Wildman–Crippen LogP) is 4.70. The van der Waals surface area contributed by atoms with Crippen molar-refractivity contribution in [3.8, 4) is 0 Å². The van der Waals surface area contributed by atoms with E-state index in [1.807, 2.05) is 36.6 Å². The van der Waals surface area contributed by atoms with Gasteiger partial charge in [-0.2, -0.15) is 0 Å². The number of carbonyl (C=O) groups is 2. The highest BCUT2D eigenvalue weighted by atomic mass is 32.1. The second kappa shape index (κ2) is 7.75. The van der Waals surface area contributed by atoms with Crippen molar-refractivity contribution >= 4 is 33.9 Å². The van der Waals surface area contributed by atoms with Crippen LogP contribution >= 0.6 is 11.3 Å². The van der Waals surface area contributed by atoms with E-state index in [1.165, 1.54) is 23.8 Å². The minimum Gasteiger partial charge on any atom is -0.454 e. The SMILES string of the molecule is CC(=O)c1c(C)[nH]c(C(=O)OCc2csc(Nc3ccc(C)cc3)n2)c1C. The van der Waals surface area contributed by atoms with Gasteiger partial charge in [0.05, 0.1) is 5.69 Å². The summed E-state index contributed by atoms with van der Waals surface area (Å²) < 4.78 is 5.36. The zero-order chi connectivity index (χ0) is 19.6. The summed E-state index contributed by atoms with van der Waals surface area (Å²) in [5.41, 5.74) is 4.94. The van der Waals surface area contributed by atoms with Crippen molar-refractivity contribution in [2.45, 2.75) is 34.3 Å². The van der Waals surface area contributed by atoms with E-state index in [0.717, 1.165) is 10.8 Å². The van der Waals surface area contributed by atoms with Gasteiger partial charge in [0.15, 0.2) is 10.9 Å². The topological polar surface area (TPSA) is 84.1 Å². The lowest BCUT2D eigenvalue weighted by Gasteiger charge is -2.03. The van der Waals surface area contributed by atoms with Crippen molar-refractivity contribution in [3.05, 3.63) is 63.4 Å². The summed E-state index contributed by atoms with van der Waals surface area (Å²) in [6.07, 6.45) is 0. The Balaban J connectivity index is 1.63. The molecule has 0 amide bonds. The lowest BCUT2D eigenvalue weighted by Crippen LogP contribution is -2.08. The molecule has 2 heterocycles. The number of Topliss-reactive ketones (excluding diaryl/α,β-unsaturated/α-hetero) is 1. The number of esters is 1. The average molecular weight is 383 g/mol. The molecule has 0 aliphatic rings. The number of rotatable bonds is 6. The van der Waals surface area contributed by atoms with E-state index in [1.54, 1.807) is 13.8 Å². The van der Waals surface area contributed by atoms with Gasteiger partial charge >= 0.3 is 5.97 Å². The van der Waals surface area contributed by atoms with Crippen molar-refractivity contribution in [1.29, 1.82) is 0 Å². The molecule has 7 heteroatoms. The van der Waals surface area contributed by atoms with Gasteiger partial charge < -0.3 is 15.0 Å². The van der Waals surface area contributed by atoms with Crippen LogP contribution in [0.15, 0.2) is 29.6 Å². The van der Waals surface area contributed by atoms with Gasteiger partial charge in [-0.3, -0.25) is 4.79 Å². The first-order valence-corrected chi connectivity index (χ1v) is 9.38. The number of carbonyl (C=O) groups excluding carboxylic acids is 2. The molecule has 0 unspecified atom stereocenters. The molecule has 2 aromatic heterocycles. The van der Waals surface area contributed by atoms with Gasteiger partial charge in [-0.1, -0.05) is 17.7 Å². The van der Waals surface area contributed by atoms with Crippen molar-refractivity contribution in [1.82, 2.24) is 9.97 Å². The first-order chi connectivity index (χ1) is 12.8. The Morgan fingerprint density at radius 3 is 2.52 bits per heavy atom. The van der Waals surface area contributed by atoms with Crippen molar-refractivity contribution < 1.29 is 14.3 Å². The number of hydrogen-bond donors (Lipinski definition) is 2. The van der Waals surface area contributed by atoms with Gasteiger partial charge in [-0.15, -0.1) is 11.3 Å². The molecule has 0 atom stereocenters. The molecule has 0 bridgehead atoms. The second-order valence-electron chi connectivity index (χ2n) is 6.39. The van der Waals surface area contributed by atoms with Crippen LogP contribution in [0, 0.1) is 20.8 Å². The van der Waals surface area contributed by atoms with E-state index < -0.39 is 5.97 Å². The van der Waals surface area contributed by atoms with Gasteiger partial charge in [0.25, 0.3) is 0 Å². The van der Waals surface area contributed by atoms with E-state index in [2.05, 4.69) is 15.3 Å². The summed E-state index contributed by atoms with van der Waals surface area (Å²) >= 11 is 1.44. The lowest BCUT2D eigenvalue weighted by atomic mass is 10.1. The number of nitrogens with one attached hydrogen (secondary N) is 2. The molecule has 0 saturated carbocycles. The zero-order valence-corrected chi connectivity index (χ0v) is 16.5. The van der Waals surface area contributed by atoms with E-state index in [4.69, 9.17) is 4.74 Å². The molecule has 0 aliphatic carbocycles. The fraction of sp³-hybridized carbons (Fsp3) is 0.250. The first-order valence-electron chi connectivity index (χ1n) is 8.50. The molecule has 3 aromatic rings. The fourth-order valence-corrected chi connectivity index (χ4v) is 3.60.